The van der Waals surface area contributed by atoms with Crippen LogP contribution >= 0.6 is 11.8 Å². The number of methoxy groups -OCH3 is 2. The monoisotopic (exact) mass is 241 g/mol. The average Bonchev–Trinajstić information content (AvgIpc) is 2.29. The van der Waals surface area contributed by atoms with Crippen LogP contribution in [0.1, 0.15) is 17.3 Å². The number of carbonyl (C=O) groups is 1. The molecule has 0 aliphatic rings. The van der Waals surface area contributed by atoms with Gasteiger partial charge in [-0.1, -0.05) is 6.92 Å². The molecular formula is C11H15NO3S. The first-order valence-corrected chi connectivity index (χ1v) is 5.81. The van der Waals surface area contributed by atoms with Gasteiger partial charge in [0.25, 0.3) is 0 Å². The van der Waals surface area contributed by atoms with Crippen molar-refractivity contribution in [3.63, 3.8) is 0 Å². The van der Waals surface area contributed by atoms with E-state index in [-0.39, 0.29) is 5.97 Å². The highest BCUT2D eigenvalue weighted by Crippen LogP contribution is 2.32. The highest BCUT2D eigenvalue weighted by Gasteiger charge is 2.15. The molecule has 0 aliphatic carbocycles. The first-order valence-electron chi connectivity index (χ1n) is 4.82. The van der Waals surface area contributed by atoms with Crippen LogP contribution in [0.3, 0.4) is 0 Å². The molecule has 1 aromatic carbocycles. The smallest absolute Gasteiger partial charge is 0.339 e. The van der Waals surface area contributed by atoms with Crippen molar-refractivity contribution in [2.75, 3.05) is 25.7 Å². The van der Waals surface area contributed by atoms with Crippen LogP contribution in [0.5, 0.6) is 5.75 Å². The molecule has 1 aromatic rings. The minimum absolute atomic E-state index is 0.380. The number of benzene rings is 1. The van der Waals surface area contributed by atoms with Gasteiger partial charge in [-0.15, -0.1) is 11.8 Å². The average molecular weight is 241 g/mol. The summed E-state index contributed by atoms with van der Waals surface area (Å²) < 4.78 is 9.79. The Morgan fingerprint density at radius 3 is 2.62 bits per heavy atom. The van der Waals surface area contributed by atoms with Crippen molar-refractivity contribution in [2.24, 2.45) is 0 Å². The first kappa shape index (κ1) is 12.7. The third-order valence-corrected chi connectivity index (χ3v) is 2.97. The molecule has 0 bridgehead atoms. The fraction of sp³-hybridized carbons (Fsp3) is 0.364. The molecular weight excluding hydrogens is 226 g/mol. The number of hydrogen-bond acceptors (Lipinski definition) is 5. The number of ether oxygens (including phenoxy) is 2. The standard InChI is InChI=1S/C11H15NO3S/c1-4-16-10-6-8(12)9(14-2)5-7(10)11(13)15-3/h5-6H,4,12H2,1-3H3. The first-order chi connectivity index (χ1) is 7.63. The minimum Gasteiger partial charge on any atom is -0.495 e. The van der Waals surface area contributed by atoms with Crippen LogP contribution in [0.4, 0.5) is 5.69 Å². The zero-order chi connectivity index (χ0) is 12.1. The Morgan fingerprint density at radius 1 is 1.44 bits per heavy atom. The molecule has 4 nitrogen and oxygen atoms in total. The van der Waals surface area contributed by atoms with E-state index >= 15 is 0 Å². The summed E-state index contributed by atoms with van der Waals surface area (Å²) in [6.07, 6.45) is 0. The molecule has 0 heterocycles. The molecule has 16 heavy (non-hydrogen) atoms. The second-order valence-corrected chi connectivity index (χ2v) is 4.32. The number of anilines is 1. The SMILES string of the molecule is CCSc1cc(N)c(OC)cc1C(=O)OC. The van der Waals surface area contributed by atoms with Crippen molar-refractivity contribution in [1.29, 1.82) is 0 Å². The van der Waals surface area contributed by atoms with E-state index in [4.69, 9.17) is 15.2 Å². The van der Waals surface area contributed by atoms with E-state index in [1.807, 2.05) is 6.92 Å². The number of carbonyl (C=O) groups excluding carboxylic acids is 1. The van der Waals surface area contributed by atoms with Gasteiger partial charge in [0, 0.05) is 4.90 Å². The van der Waals surface area contributed by atoms with Gasteiger partial charge < -0.3 is 15.2 Å². The molecule has 5 heteroatoms. The lowest BCUT2D eigenvalue weighted by Gasteiger charge is -2.11. The summed E-state index contributed by atoms with van der Waals surface area (Å²) in [5, 5.41) is 0. The second-order valence-electron chi connectivity index (χ2n) is 3.01. The Bertz CT molecular complexity index is 393. The normalized spacial score (nSPS) is 9.94. The van der Waals surface area contributed by atoms with Gasteiger partial charge in [-0.25, -0.2) is 4.79 Å². The van der Waals surface area contributed by atoms with Gasteiger partial charge in [0.2, 0.25) is 0 Å². The van der Waals surface area contributed by atoms with Crippen molar-refractivity contribution in [3.8, 4) is 5.75 Å². The molecule has 0 spiro atoms. The highest BCUT2D eigenvalue weighted by atomic mass is 32.2. The minimum atomic E-state index is -0.380. The van der Waals surface area contributed by atoms with Gasteiger partial charge in [0.05, 0.1) is 25.5 Å². The third-order valence-electron chi connectivity index (χ3n) is 2.04. The lowest BCUT2D eigenvalue weighted by atomic mass is 10.2. The summed E-state index contributed by atoms with van der Waals surface area (Å²) in [5.74, 6) is 0.963. The van der Waals surface area contributed by atoms with Crippen molar-refractivity contribution < 1.29 is 14.3 Å². The van der Waals surface area contributed by atoms with Crippen LogP contribution in [0.15, 0.2) is 17.0 Å². The maximum Gasteiger partial charge on any atom is 0.339 e. The summed E-state index contributed by atoms with van der Waals surface area (Å²) in [6.45, 7) is 2.01. The highest BCUT2D eigenvalue weighted by molar-refractivity contribution is 7.99. The van der Waals surface area contributed by atoms with E-state index in [1.165, 1.54) is 14.2 Å². The number of esters is 1. The van der Waals surface area contributed by atoms with E-state index in [9.17, 15) is 4.79 Å². The number of nitrogens with two attached hydrogens (primary N) is 1. The van der Waals surface area contributed by atoms with E-state index < -0.39 is 0 Å². The number of hydrogen-bond donors (Lipinski definition) is 1. The van der Waals surface area contributed by atoms with Gasteiger partial charge in [-0.05, 0) is 17.9 Å². The van der Waals surface area contributed by atoms with Gasteiger partial charge in [0.1, 0.15) is 5.75 Å². The van der Waals surface area contributed by atoms with Gasteiger partial charge in [0.15, 0.2) is 0 Å². The largest absolute Gasteiger partial charge is 0.495 e. The lowest BCUT2D eigenvalue weighted by molar-refractivity contribution is 0.0596. The zero-order valence-electron chi connectivity index (χ0n) is 9.57. The summed E-state index contributed by atoms with van der Waals surface area (Å²) in [4.78, 5) is 12.4. The second kappa shape index (κ2) is 5.65. The van der Waals surface area contributed by atoms with Gasteiger partial charge in [-0.3, -0.25) is 0 Å². The Balaban J connectivity index is 3.24. The molecule has 0 unspecified atom stereocenters. The molecule has 0 atom stereocenters. The molecule has 0 aromatic heterocycles. The molecule has 0 radical (unpaired) electrons. The summed E-state index contributed by atoms with van der Waals surface area (Å²) >= 11 is 1.54. The lowest BCUT2D eigenvalue weighted by Crippen LogP contribution is -2.05. The Hall–Kier alpha value is -1.36. The predicted octanol–water partition coefficient (Wildman–Crippen LogP) is 2.18. The van der Waals surface area contributed by atoms with Crippen molar-refractivity contribution in [3.05, 3.63) is 17.7 Å². The summed E-state index contributed by atoms with van der Waals surface area (Å²) in [5.41, 5.74) is 6.79. The molecule has 0 saturated heterocycles. The van der Waals surface area contributed by atoms with E-state index in [0.29, 0.717) is 17.0 Å². The molecule has 1 rings (SSSR count). The molecule has 0 amide bonds. The topological polar surface area (TPSA) is 61.5 Å². The number of thioether (sulfide) groups is 1. The van der Waals surface area contributed by atoms with Crippen LogP contribution in [0.25, 0.3) is 0 Å². The summed E-state index contributed by atoms with van der Waals surface area (Å²) in [7, 11) is 2.87. The van der Waals surface area contributed by atoms with Crippen LogP contribution in [-0.4, -0.2) is 25.9 Å². The molecule has 0 aliphatic heterocycles. The van der Waals surface area contributed by atoms with Crippen LogP contribution in [0, 0.1) is 0 Å². The third kappa shape index (κ3) is 2.61. The molecule has 0 fully saturated rings. The Kier molecular flexibility index (Phi) is 4.49. The Labute approximate surface area is 99.1 Å². The van der Waals surface area contributed by atoms with Crippen molar-refractivity contribution >= 4 is 23.4 Å². The van der Waals surface area contributed by atoms with Crippen LogP contribution < -0.4 is 10.5 Å². The maximum atomic E-state index is 11.6. The summed E-state index contributed by atoms with van der Waals surface area (Å²) in [6, 6.07) is 3.35. The van der Waals surface area contributed by atoms with Gasteiger partial charge >= 0.3 is 5.97 Å². The van der Waals surface area contributed by atoms with Crippen molar-refractivity contribution in [2.45, 2.75) is 11.8 Å². The quantitative estimate of drug-likeness (QED) is 0.497. The van der Waals surface area contributed by atoms with Gasteiger partial charge in [-0.2, -0.15) is 0 Å². The zero-order valence-corrected chi connectivity index (χ0v) is 10.4. The molecule has 88 valence electrons. The molecule has 0 saturated carbocycles. The Morgan fingerprint density at radius 2 is 2.12 bits per heavy atom. The molecule has 2 N–H and O–H groups in total. The van der Waals surface area contributed by atoms with Crippen LogP contribution in [0.2, 0.25) is 0 Å². The van der Waals surface area contributed by atoms with Crippen molar-refractivity contribution in [1.82, 2.24) is 0 Å². The predicted molar refractivity (Wildman–Crippen MR) is 65.1 cm³/mol. The number of nitrogen functional groups attached to an aromatic ring is 1. The van der Waals surface area contributed by atoms with Crippen LogP contribution in [-0.2, 0) is 4.74 Å². The van der Waals surface area contributed by atoms with E-state index in [2.05, 4.69) is 0 Å². The fourth-order valence-electron chi connectivity index (χ4n) is 1.30. The van der Waals surface area contributed by atoms with E-state index in [0.717, 1.165) is 10.6 Å². The maximum absolute atomic E-state index is 11.6. The number of rotatable bonds is 4. The fourth-order valence-corrected chi connectivity index (χ4v) is 2.12. The van der Waals surface area contributed by atoms with E-state index in [1.54, 1.807) is 23.9 Å².